The summed E-state index contributed by atoms with van der Waals surface area (Å²) < 4.78 is 0. The molecule has 0 unspecified atom stereocenters. The lowest BCUT2D eigenvalue weighted by molar-refractivity contribution is 0.0929. The molecule has 3 heterocycles. The first-order valence-corrected chi connectivity index (χ1v) is 8.06. The van der Waals surface area contributed by atoms with E-state index < -0.39 is 0 Å². The number of carbonyl (C=O) groups excluding carboxylic acids is 1. The molecule has 0 radical (unpaired) electrons. The third-order valence-electron chi connectivity index (χ3n) is 4.32. The van der Waals surface area contributed by atoms with Gasteiger partial charge in [0, 0.05) is 36.9 Å². The molecule has 1 aliphatic heterocycles. The van der Waals surface area contributed by atoms with Gasteiger partial charge in [0.15, 0.2) is 5.69 Å². The molecule has 7 nitrogen and oxygen atoms in total. The molecular weight excluding hydrogens is 304 g/mol. The second kappa shape index (κ2) is 6.27. The van der Waals surface area contributed by atoms with Crippen LogP contribution in [0.25, 0.3) is 10.9 Å². The van der Waals surface area contributed by atoms with Crippen molar-refractivity contribution in [3.05, 3.63) is 48.5 Å². The zero-order valence-electron chi connectivity index (χ0n) is 13.1. The number of piperidine rings is 1. The number of fused-ring (bicyclic) bond motifs is 1. The van der Waals surface area contributed by atoms with E-state index in [0.29, 0.717) is 5.69 Å². The van der Waals surface area contributed by atoms with Crippen LogP contribution in [0.1, 0.15) is 23.3 Å². The quantitative estimate of drug-likeness (QED) is 0.767. The monoisotopic (exact) mass is 322 g/mol. The van der Waals surface area contributed by atoms with Gasteiger partial charge in [-0.25, -0.2) is 4.98 Å². The van der Waals surface area contributed by atoms with Crippen molar-refractivity contribution in [3.8, 4) is 0 Å². The van der Waals surface area contributed by atoms with E-state index in [1.54, 1.807) is 18.6 Å². The number of aromatic amines is 1. The summed E-state index contributed by atoms with van der Waals surface area (Å²) in [6.45, 7) is 1.66. The molecule has 1 amide bonds. The number of aromatic nitrogens is 4. The van der Waals surface area contributed by atoms with Crippen molar-refractivity contribution in [1.82, 2.24) is 25.5 Å². The Morgan fingerprint density at radius 3 is 3.08 bits per heavy atom. The fourth-order valence-electron chi connectivity index (χ4n) is 3.15. The molecule has 2 aromatic heterocycles. The van der Waals surface area contributed by atoms with Gasteiger partial charge >= 0.3 is 0 Å². The van der Waals surface area contributed by atoms with Crippen molar-refractivity contribution in [1.29, 1.82) is 0 Å². The summed E-state index contributed by atoms with van der Waals surface area (Å²) in [6.07, 6.45) is 7.06. The Hall–Kier alpha value is -2.96. The van der Waals surface area contributed by atoms with Gasteiger partial charge in [-0.1, -0.05) is 18.2 Å². The maximum Gasteiger partial charge on any atom is 0.272 e. The third-order valence-corrected chi connectivity index (χ3v) is 4.32. The average molecular weight is 322 g/mol. The fraction of sp³-hybridized carbons (Fsp3) is 0.294. The maximum atomic E-state index is 12.6. The van der Waals surface area contributed by atoms with Crippen LogP contribution >= 0.6 is 0 Å². The minimum atomic E-state index is -0.140. The highest BCUT2D eigenvalue weighted by molar-refractivity contribution is 6.04. The molecule has 1 aliphatic rings. The van der Waals surface area contributed by atoms with E-state index in [2.05, 4.69) is 30.4 Å². The van der Waals surface area contributed by atoms with Crippen molar-refractivity contribution >= 4 is 22.6 Å². The van der Waals surface area contributed by atoms with E-state index in [-0.39, 0.29) is 11.9 Å². The maximum absolute atomic E-state index is 12.6. The number of nitrogens with zero attached hydrogens (tertiary/aromatic N) is 4. The van der Waals surface area contributed by atoms with Gasteiger partial charge in [0.05, 0.1) is 11.7 Å². The SMILES string of the molecule is O=C(N[C@H]1CCCN(c2cnccn2)C1)c1n[nH]c2ccccc12. The normalized spacial score (nSPS) is 17.8. The van der Waals surface area contributed by atoms with Gasteiger partial charge in [-0.3, -0.25) is 14.9 Å². The van der Waals surface area contributed by atoms with E-state index in [1.807, 2.05) is 24.3 Å². The smallest absolute Gasteiger partial charge is 0.272 e. The Morgan fingerprint density at radius 2 is 2.21 bits per heavy atom. The van der Waals surface area contributed by atoms with Crippen molar-refractivity contribution in [3.63, 3.8) is 0 Å². The molecule has 3 aromatic rings. The second-order valence-electron chi connectivity index (χ2n) is 5.94. The number of amides is 1. The number of nitrogens with one attached hydrogen (secondary N) is 2. The molecule has 1 aromatic carbocycles. The fourth-order valence-corrected chi connectivity index (χ4v) is 3.15. The number of hydrogen-bond acceptors (Lipinski definition) is 5. The minimum absolute atomic E-state index is 0.0729. The van der Waals surface area contributed by atoms with E-state index >= 15 is 0 Å². The minimum Gasteiger partial charge on any atom is -0.353 e. The van der Waals surface area contributed by atoms with Crippen LogP contribution in [0, 0.1) is 0 Å². The molecule has 1 atom stereocenters. The van der Waals surface area contributed by atoms with Gasteiger partial charge in [-0.2, -0.15) is 5.10 Å². The zero-order chi connectivity index (χ0) is 16.4. The summed E-state index contributed by atoms with van der Waals surface area (Å²) in [5, 5.41) is 11.0. The molecule has 4 rings (SSSR count). The lowest BCUT2D eigenvalue weighted by Gasteiger charge is -2.33. The third kappa shape index (κ3) is 2.80. The second-order valence-corrected chi connectivity index (χ2v) is 5.94. The van der Waals surface area contributed by atoms with Crippen LogP contribution in [-0.4, -0.2) is 45.2 Å². The molecule has 0 spiro atoms. The molecule has 122 valence electrons. The summed E-state index contributed by atoms with van der Waals surface area (Å²) in [7, 11) is 0. The molecule has 1 saturated heterocycles. The van der Waals surface area contributed by atoms with E-state index in [1.165, 1.54) is 0 Å². The Kier molecular flexibility index (Phi) is 3.82. The Morgan fingerprint density at radius 1 is 1.29 bits per heavy atom. The van der Waals surface area contributed by atoms with E-state index in [4.69, 9.17) is 0 Å². The summed E-state index contributed by atoms with van der Waals surface area (Å²) >= 11 is 0. The van der Waals surface area contributed by atoms with Gasteiger partial charge < -0.3 is 10.2 Å². The molecule has 1 fully saturated rings. The summed E-state index contributed by atoms with van der Waals surface area (Å²) in [5.74, 6) is 0.708. The molecular formula is C17H18N6O. The zero-order valence-corrected chi connectivity index (χ0v) is 13.1. The molecule has 0 saturated carbocycles. The van der Waals surface area contributed by atoms with Crippen molar-refractivity contribution in [2.45, 2.75) is 18.9 Å². The Labute approximate surface area is 139 Å². The lowest BCUT2D eigenvalue weighted by Crippen LogP contribution is -2.48. The van der Waals surface area contributed by atoms with Crippen LogP contribution in [0.3, 0.4) is 0 Å². The number of H-pyrrole nitrogens is 1. The average Bonchev–Trinajstić information content (AvgIpc) is 3.07. The number of carbonyl (C=O) groups is 1. The van der Waals surface area contributed by atoms with Gasteiger partial charge in [-0.15, -0.1) is 0 Å². The molecule has 0 aliphatic carbocycles. The number of hydrogen-bond donors (Lipinski definition) is 2. The van der Waals surface area contributed by atoms with Crippen LogP contribution in [-0.2, 0) is 0 Å². The number of rotatable bonds is 3. The first-order valence-electron chi connectivity index (χ1n) is 8.06. The van der Waals surface area contributed by atoms with Crippen LogP contribution in [0.4, 0.5) is 5.82 Å². The van der Waals surface area contributed by atoms with Gasteiger partial charge in [0.25, 0.3) is 5.91 Å². The molecule has 0 bridgehead atoms. The van der Waals surface area contributed by atoms with Crippen molar-refractivity contribution < 1.29 is 4.79 Å². The predicted octanol–water partition coefficient (Wildman–Crippen LogP) is 1.75. The van der Waals surface area contributed by atoms with E-state index in [9.17, 15) is 4.79 Å². The molecule has 7 heteroatoms. The Bertz CT molecular complexity index is 846. The van der Waals surface area contributed by atoms with E-state index in [0.717, 1.165) is 42.7 Å². The van der Waals surface area contributed by atoms with Crippen LogP contribution in [0.15, 0.2) is 42.9 Å². The van der Waals surface area contributed by atoms with Crippen molar-refractivity contribution in [2.75, 3.05) is 18.0 Å². The molecule has 24 heavy (non-hydrogen) atoms. The number of anilines is 1. The highest BCUT2D eigenvalue weighted by Crippen LogP contribution is 2.18. The molecule has 2 N–H and O–H groups in total. The highest BCUT2D eigenvalue weighted by atomic mass is 16.2. The van der Waals surface area contributed by atoms with Crippen LogP contribution < -0.4 is 10.2 Å². The van der Waals surface area contributed by atoms with Crippen LogP contribution in [0.5, 0.6) is 0 Å². The summed E-state index contributed by atoms with van der Waals surface area (Å²) in [5.41, 5.74) is 1.31. The van der Waals surface area contributed by atoms with Crippen molar-refractivity contribution in [2.24, 2.45) is 0 Å². The predicted molar refractivity (Wildman–Crippen MR) is 90.8 cm³/mol. The number of benzene rings is 1. The van der Waals surface area contributed by atoms with Crippen LogP contribution in [0.2, 0.25) is 0 Å². The van der Waals surface area contributed by atoms with Gasteiger partial charge in [0.1, 0.15) is 5.82 Å². The first-order chi connectivity index (χ1) is 11.8. The Balaban J connectivity index is 1.47. The standard InChI is InChI=1S/C17H18N6O/c24-17(16-13-5-1-2-6-14(13)21-22-16)20-12-4-3-9-23(11-12)15-10-18-7-8-19-15/h1-2,5-8,10,12H,3-4,9,11H2,(H,20,24)(H,21,22)/t12-/m0/s1. The topological polar surface area (TPSA) is 86.8 Å². The largest absolute Gasteiger partial charge is 0.353 e. The summed E-state index contributed by atoms with van der Waals surface area (Å²) in [6, 6.07) is 7.71. The van der Waals surface area contributed by atoms with Gasteiger partial charge in [0.2, 0.25) is 0 Å². The lowest BCUT2D eigenvalue weighted by atomic mass is 10.1. The highest BCUT2D eigenvalue weighted by Gasteiger charge is 2.24. The first kappa shape index (κ1) is 14.6. The number of para-hydroxylation sites is 1. The van der Waals surface area contributed by atoms with Gasteiger partial charge in [-0.05, 0) is 18.9 Å². The summed E-state index contributed by atoms with van der Waals surface area (Å²) in [4.78, 5) is 23.2.